The summed E-state index contributed by atoms with van der Waals surface area (Å²) in [5.74, 6) is -2.96. The van der Waals surface area contributed by atoms with E-state index in [1.165, 1.54) is 33.0 Å². The Morgan fingerprint density at radius 2 is 1.61 bits per heavy atom. The fourth-order valence-electron chi connectivity index (χ4n) is 4.77. The van der Waals surface area contributed by atoms with Crippen LogP contribution < -0.4 is 10.2 Å². The summed E-state index contributed by atoms with van der Waals surface area (Å²) in [5.41, 5.74) is -5.37. The first kappa shape index (κ1) is 22.6. The molecular formula is C23H21F3N2O5. The first-order valence-corrected chi connectivity index (χ1v) is 10.3. The van der Waals surface area contributed by atoms with Crippen molar-refractivity contribution >= 4 is 29.2 Å². The lowest BCUT2D eigenvalue weighted by Gasteiger charge is -2.38. The van der Waals surface area contributed by atoms with Gasteiger partial charge in [-0.1, -0.05) is 18.2 Å². The first-order valence-electron chi connectivity index (χ1n) is 10.3. The summed E-state index contributed by atoms with van der Waals surface area (Å²) in [6.07, 6.45) is -4.72. The van der Waals surface area contributed by atoms with E-state index in [-0.39, 0.29) is 35.7 Å². The molecule has 4 rings (SSSR count). The molecule has 1 N–H and O–H groups in total. The Balaban J connectivity index is 2.14. The zero-order valence-corrected chi connectivity index (χ0v) is 18.1. The van der Waals surface area contributed by atoms with Gasteiger partial charge < -0.3 is 19.7 Å². The van der Waals surface area contributed by atoms with Crippen molar-refractivity contribution in [1.82, 2.24) is 0 Å². The number of carbonyl (C=O) groups is 3. The van der Waals surface area contributed by atoms with Gasteiger partial charge in [0.25, 0.3) is 5.91 Å². The van der Waals surface area contributed by atoms with Crippen molar-refractivity contribution in [2.24, 2.45) is 0 Å². The molecule has 0 aliphatic carbocycles. The van der Waals surface area contributed by atoms with Crippen molar-refractivity contribution in [3.8, 4) is 0 Å². The number of anilines is 2. The van der Waals surface area contributed by atoms with E-state index in [0.29, 0.717) is 0 Å². The van der Waals surface area contributed by atoms with Crippen LogP contribution >= 0.6 is 0 Å². The topological polar surface area (TPSA) is 84.9 Å². The van der Waals surface area contributed by atoms with Gasteiger partial charge in [0.15, 0.2) is 5.54 Å². The summed E-state index contributed by atoms with van der Waals surface area (Å²) in [5, 5.41) is 2.93. The van der Waals surface area contributed by atoms with Crippen LogP contribution in [-0.2, 0) is 41.0 Å². The largest absolute Gasteiger partial charge is 0.465 e. The molecule has 1 atom stereocenters. The number of rotatable bonds is 4. The molecule has 2 aliphatic rings. The molecule has 0 radical (unpaired) electrons. The van der Waals surface area contributed by atoms with Crippen LogP contribution in [0.4, 0.5) is 24.5 Å². The maximum Gasteiger partial charge on any atom is 0.416 e. The van der Waals surface area contributed by atoms with E-state index in [0.717, 1.165) is 23.1 Å². The van der Waals surface area contributed by atoms with Gasteiger partial charge >= 0.3 is 18.1 Å². The van der Waals surface area contributed by atoms with Crippen molar-refractivity contribution < 1.29 is 37.0 Å². The van der Waals surface area contributed by atoms with Gasteiger partial charge in [-0.25, -0.2) is 0 Å². The van der Waals surface area contributed by atoms with Gasteiger partial charge in [0.1, 0.15) is 0 Å². The quantitative estimate of drug-likeness (QED) is 0.554. The van der Waals surface area contributed by atoms with Crippen molar-refractivity contribution in [3.05, 3.63) is 59.2 Å². The number of likely N-dealkylation sites (N-methyl/N-ethyl adjacent to an activating group) is 1. The monoisotopic (exact) mass is 462 g/mol. The van der Waals surface area contributed by atoms with E-state index in [1.807, 2.05) is 0 Å². The number of halogens is 3. The molecule has 0 fully saturated rings. The van der Waals surface area contributed by atoms with Crippen molar-refractivity contribution in [2.45, 2.75) is 31.0 Å². The van der Waals surface area contributed by atoms with E-state index < -0.39 is 40.5 Å². The van der Waals surface area contributed by atoms with Crippen molar-refractivity contribution in [2.75, 3.05) is 30.5 Å². The third-order valence-electron chi connectivity index (χ3n) is 6.09. The SMILES string of the molecule is CCOC(=O)C1(C(=O)OCC)c2ccccc2N[C@@]12C(=O)N(C)c1ccc(C(F)(F)F)cc12. The molecule has 2 heterocycles. The normalized spacial score (nSPS) is 20.3. The molecule has 33 heavy (non-hydrogen) atoms. The van der Waals surface area contributed by atoms with E-state index in [1.54, 1.807) is 12.1 Å². The Morgan fingerprint density at radius 3 is 2.18 bits per heavy atom. The van der Waals surface area contributed by atoms with Gasteiger partial charge in [-0.05, 0) is 38.1 Å². The van der Waals surface area contributed by atoms with E-state index in [9.17, 15) is 27.6 Å². The van der Waals surface area contributed by atoms with Crippen molar-refractivity contribution in [1.29, 1.82) is 0 Å². The number of nitrogens with one attached hydrogen (secondary N) is 1. The van der Waals surface area contributed by atoms with Gasteiger partial charge in [-0.2, -0.15) is 13.2 Å². The van der Waals surface area contributed by atoms with Gasteiger partial charge in [-0.15, -0.1) is 0 Å². The highest BCUT2D eigenvalue weighted by molar-refractivity contribution is 6.23. The van der Waals surface area contributed by atoms with Gasteiger partial charge in [0, 0.05) is 29.5 Å². The molecule has 2 aromatic rings. The maximum atomic E-state index is 13.8. The molecule has 1 amide bonds. The second-order valence-corrected chi connectivity index (χ2v) is 7.71. The molecule has 2 aromatic carbocycles. The second-order valence-electron chi connectivity index (χ2n) is 7.71. The number of esters is 2. The van der Waals surface area contributed by atoms with Gasteiger partial charge in [0.05, 0.1) is 18.8 Å². The minimum absolute atomic E-state index is 0.0916. The smallest absolute Gasteiger partial charge is 0.416 e. The zero-order valence-electron chi connectivity index (χ0n) is 18.1. The number of alkyl halides is 3. The number of hydrogen-bond acceptors (Lipinski definition) is 6. The fourth-order valence-corrected chi connectivity index (χ4v) is 4.77. The molecule has 10 heteroatoms. The number of nitrogens with zero attached hydrogens (tertiary/aromatic N) is 1. The minimum Gasteiger partial charge on any atom is -0.465 e. The van der Waals surface area contributed by atoms with E-state index in [4.69, 9.17) is 9.47 Å². The lowest BCUT2D eigenvalue weighted by molar-refractivity contribution is -0.170. The predicted molar refractivity (Wildman–Crippen MR) is 112 cm³/mol. The molecule has 0 aromatic heterocycles. The van der Waals surface area contributed by atoms with Crippen LogP contribution in [0.3, 0.4) is 0 Å². The number of carbonyl (C=O) groups excluding carboxylic acids is 3. The molecule has 174 valence electrons. The van der Waals surface area contributed by atoms with Gasteiger partial charge in [-0.3, -0.25) is 14.4 Å². The standard InChI is InChI=1S/C23H21F3N2O5/c1-4-32-19(30)21(20(31)33-5-2)14-8-6-7-9-16(14)27-22(21)15-12-13(23(24,25)26)10-11-17(15)28(3)18(22)29/h6-12,27H,4-5H2,1-3H3/t22-/m0/s1. The van der Waals surface area contributed by atoms with Crippen LogP contribution in [0.25, 0.3) is 0 Å². The predicted octanol–water partition coefficient (Wildman–Crippen LogP) is 3.37. The van der Waals surface area contributed by atoms with Crippen LogP contribution in [0.1, 0.15) is 30.5 Å². The summed E-state index contributed by atoms with van der Waals surface area (Å²) in [4.78, 5) is 42.1. The lowest BCUT2D eigenvalue weighted by Crippen LogP contribution is -2.64. The average molecular weight is 462 g/mol. The number of ether oxygens (including phenoxy) is 2. The maximum absolute atomic E-state index is 13.8. The van der Waals surface area contributed by atoms with Gasteiger partial charge in [0.2, 0.25) is 5.41 Å². The second kappa shape index (κ2) is 7.50. The molecule has 0 unspecified atom stereocenters. The van der Waals surface area contributed by atoms with Crippen LogP contribution in [-0.4, -0.2) is 38.1 Å². The Kier molecular flexibility index (Phi) is 5.14. The summed E-state index contributed by atoms with van der Waals surface area (Å²) in [6.45, 7) is 2.79. The Hall–Kier alpha value is -3.56. The number of fused-ring (bicyclic) bond motifs is 3. The van der Waals surface area contributed by atoms with Crippen LogP contribution in [0.5, 0.6) is 0 Å². The fraction of sp³-hybridized carbons (Fsp3) is 0.348. The minimum atomic E-state index is -4.72. The van der Waals surface area contributed by atoms with Crippen LogP contribution in [0.15, 0.2) is 42.5 Å². The highest BCUT2D eigenvalue weighted by Crippen LogP contribution is 2.60. The highest BCUT2D eigenvalue weighted by Gasteiger charge is 2.76. The molecule has 2 aliphatic heterocycles. The number of hydrogen-bond donors (Lipinski definition) is 1. The number of para-hydroxylation sites is 1. The molecule has 0 saturated heterocycles. The molecular weight excluding hydrogens is 441 g/mol. The molecule has 1 spiro atoms. The molecule has 7 nitrogen and oxygen atoms in total. The zero-order chi connectivity index (χ0) is 24.2. The lowest BCUT2D eigenvalue weighted by atomic mass is 9.64. The third-order valence-corrected chi connectivity index (χ3v) is 6.09. The first-order chi connectivity index (χ1) is 15.6. The Labute approximate surface area is 187 Å². The Morgan fingerprint density at radius 1 is 1.00 bits per heavy atom. The van der Waals surface area contributed by atoms with Crippen molar-refractivity contribution in [3.63, 3.8) is 0 Å². The number of amides is 1. The third kappa shape index (κ3) is 2.79. The summed E-state index contributed by atoms with van der Waals surface area (Å²) in [6, 6.07) is 8.96. The average Bonchev–Trinajstić information content (AvgIpc) is 3.20. The van der Waals surface area contributed by atoms with E-state index >= 15 is 0 Å². The molecule has 0 bridgehead atoms. The Bertz CT molecular complexity index is 1150. The molecule has 0 saturated carbocycles. The van der Waals surface area contributed by atoms with Crippen LogP contribution in [0.2, 0.25) is 0 Å². The summed E-state index contributed by atoms with van der Waals surface area (Å²) in [7, 11) is 1.37. The highest BCUT2D eigenvalue weighted by atomic mass is 19.4. The van der Waals surface area contributed by atoms with E-state index in [2.05, 4.69) is 5.32 Å². The van der Waals surface area contributed by atoms with Crippen LogP contribution in [0, 0.1) is 0 Å². The summed E-state index contributed by atoms with van der Waals surface area (Å²) < 4.78 is 51.4. The number of benzene rings is 2. The summed E-state index contributed by atoms with van der Waals surface area (Å²) >= 11 is 0.